The highest BCUT2D eigenvalue weighted by Gasteiger charge is 2.27. The van der Waals surface area contributed by atoms with Crippen LogP contribution in [0.1, 0.15) is 31.4 Å². The summed E-state index contributed by atoms with van der Waals surface area (Å²) in [5.41, 5.74) is 1.69. The fraction of sp³-hybridized carbons (Fsp3) is 0.333. The van der Waals surface area contributed by atoms with Crippen LogP contribution in [0.5, 0.6) is 0 Å². The molecule has 1 heterocycles. The minimum Gasteiger partial charge on any atom is -0.390 e. The highest BCUT2D eigenvalue weighted by Crippen LogP contribution is 2.20. The standard InChI is InChI=1S/C21H23F2N3O2/c1-14(2)24-21(27)26(12-16-6-3-4-9-19(16)23)13-18-11-20(25-28-18)15-7-5-8-17(22)10-15/h3-10,14,18H,11-13H2,1-2H3,(H,24,27)/t18-/m1/s1. The zero-order chi connectivity index (χ0) is 20.1. The highest BCUT2D eigenvalue weighted by molar-refractivity contribution is 6.01. The molecule has 0 saturated heterocycles. The second kappa shape index (κ2) is 8.82. The van der Waals surface area contributed by atoms with Crippen LogP contribution in [-0.4, -0.2) is 35.3 Å². The summed E-state index contributed by atoms with van der Waals surface area (Å²) in [6.07, 6.45) is 0.0505. The third-order valence-corrected chi connectivity index (χ3v) is 4.33. The lowest BCUT2D eigenvalue weighted by Crippen LogP contribution is -2.45. The molecule has 148 valence electrons. The summed E-state index contributed by atoms with van der Waals surface area (Å²) in [5, 5.41) is 6.87. The van der Waals surface area contributed by atoms with Crippen molar-refractivity contribution in [3.05, 3.63) is 71.3 Å². The Morgan fingerprint density at radius 3 is 2.75 bits per heavy atom. The molecule has 28 heavy (non-hydrogen) atoms. The Balaban J connectivity index is 1.69. The fourth-order valence-electron chi connectivity index (χ4n) is 3.00. The number of carbonyl (C=O) groups excluding carboxylic acids is 1. The number of oxime groups is 1. The van der Waals surface area contributed by atoms with E-state index in [-0.39, 0.29) is 42.9 Å². The van der Waals surface area contributed by atoms with E-state index in [2.05, 4.69) is 10.5 Å². The minimum absolute atomic E-state index is 0.0563. The van der Waals surface area contributed by atoms with Crippen LogP contribution >= 0.6 is 0 Å². The molecule has 0 fully saturated rings. The largest absolute Gasteiger partial charge is 0.390 e. The van der Waals surface area contributed by atoms with Gasteiger partial charge in [0.25, 0.3) is 0 Å². The van der Waals surface area contributed by atoms with E-state index in [1.807, 2.05) is 13.8 Å². The SMILES string of the molecule is CC(C)NC(=O)N(Cc1ccccc1F)C[C@H]1CC(c2cccc(F)c2)=NO1. The van der Waals surface area contributed by atoms with E-state index in [1.165, 1.54) is 23.1 Å². The van der Waals surface area contributed by atoms with Crippen molar-refractivity contribution in [2.24, 2.45) is 5.16 Å². The van der Waals surface area contributed by atoms with Gasteiger partial charge in [0.05, 0.1) is 18.8 Å². The molecule has 1 N–H and O–H groups in total. The smallest absolute Gasteiger partial charge is 0.318 e. The first-order chi connectivity index (χ1) is 13.4. The average Bonchev–Trinajstić information content (AvgIpc) is 3.11. The molecule has 2 aromatic rings. The Labute approximate surface area is 163 Å². The molecular formula is C21H23F2N3O2. The van der Waals surface area contributed by atoms with Crippen LogP contribution in [0.4, 0.5) is 13.6 Å². The molecular weight excluding hydrogens is 364 g/mol. The second-order valence-electron chi connectivity index (χ2n) is 7.06. The van der Waals surface area contributed by atoms with Crippen LogP contribution in [0.15, 0.2) is 53.7 Å². The minimum atomic E-state index is -0.386. The van der Waals surface area contributed by atoms with Crippen LogP contribution in [0, 0.1) is 11.6 Å². The van der Waals surface area contributed by atoms with Crippen molar-refractivity contribution in [3.8, 4) is 0 Å². The zero-order valence-corrected chi connectivity index (χ0v) is 15.9. The molecule has 5 nitrogen and oxygen atoms in total. The third kappa shape index (κ3) is 5.06. The summed E-state index contributed by atoms with van der Waals surface area (Å²) >= 11 is 0. The van der Waals surface area contributed by atoms with Crippen LogP contribution < -0.4 is 5.32 Å². The molecule has 3 rings (SSSR count). The lowest BCUT2D eigenvalue weighted by molar-refractivity contribution is 0.0584. The number of amides is 2. The van der Waals surface area contributed by atoms with Gasteiger partial charge in [-0.1, -0.05) is 35.5 Å². The van der Waals surface area contributed by atoms with E-state index in [9.17, 15) is 13.6 Å². The van der Waals surface area contributed by atoms with Gasteiger partial charge in [-0.15, -0.1) is 0 Å². The average molecular weight is 387 g/mol. The van der Waals surface area contributed by atoms with Crippen molar-refractivity contribution in [2.45, 2.75) is 39.0 Å². The molecule has 7 heteroatoms. The van der Waals surface area contributed by atoms with Crippen LogP contribution in [0.2, 0.25) is 0 Å². The fourth-order valence-corrected chi connectivity index (χ4v) is 3.00. The number of hydrogen-bond acceptors (Lipinski definition) is 3. The van der Waals surface area contributed by atoms with Gasteiger partial charge in [0.1, 0.15) is 11.6 Å². The van der Waals surface area contributed by atoms with E-state index in [1.54, 1.807) is 30.3 Å². The molecule has 0 unspecified atom stereocenters. The van der Waals surface area contributed by atoms with Crippen LogP contribution in [0.25, 0.3) is 0 Å². The summed E-state index contributed by atoms with van der Waals surface area (Å²) in [7, 11) is 0. The van der Waals surface area contributed by atoms with Crippen LogP contribution in [-0.2, 0) is 11.4 Å². The summed E-state index contributed by atoms with van der Waals surface area (Å²) < 4.78 is 27.5. The van der Waals surface area contributed by atoms with Crippen molar-refractivity contribution >= 4 is 11.7 Å². The van der Waals surface area contributed by atoms with E-state index < -0.39 is 0 Å². The first-order valence-electron chi connectivity index (χ1n) is 9.20. The Kier molecular flexibility index (Phi) is 6.23. The molecule has 2 aromatic carbocycles. The number of nitrogens with one attached hydrogen (secondary N) is 1. The monoisotopic (exact) mass is 387 g/mol. The number of benzene rings is 2. The van der Waals surface area contributed by atoms with Crippen molar-refractivity contribution in [3.63, 3.8) is 0 Å². The first-order valence-corrected chi connectivity index (χ1v) is 9.20. The van der Waals surface area contributed by atoms with Crippen molar-refractivity contribution < 1.29 is 18.4 Å². The van der Waals surface area contributed by atoms with Crippen molar-refractivity contribution in [1.29, 1.82) is 0 Å². The molecule has 0 spiro atoms. The van der Waals surface area contributed by atoms with Gasteiger partial charge in [-0.2, -0.15) is 0 Å². The lowest BCUT2D eigenvalue weighted by Gasteiger charge is -2.26. The molecule has 0 bridgehead atoms. The predicted octanol–water partition coefficient (Wildman–Crippen LogP) is 4.08. The molecule has 0 aliphatic carbocycles. The lowest BCUT2D eigenvalue weighted by atomic mass is 10.0. The topological polar surface area (TPSA) is 53.9 Å². The van der Waals surface area contributed by atoms with E-state index in [4.69, 9.17) is 4.84 Å². The van der Waals surface area contributed by atoms with Crippen molar-refractivity contribution in [2.75, 3.05) is 6.54 Å². The second-order valence-corrected chi connectivity index (χ2v) is 7.06. The molecule has 1 atom stereocenters. The number of hydrogen-bond donors (Lipinski definition) is 1. The molecule has 1 aliphatic rings. The first kappa shape index (κ1) is 19.8. The Morgan fingerprint density at radius 2 is 2.04 bits per heavy atom. The number of halogens is 2. The zero-order valence-electron chi connectivity index (χ0n) is 15.9. The van der Waals surface area contributed by atoms with Gasteiger partial charge in [0.2, 0.25) is 0 Å². The van der Waals surface area contributed by atoms with Gasteiger partial charge in [0.15, 0.2) is 6.10 Å². The molecule has 2 amide bonds. The van der Waals surface area contributed by atoms with Gasteiger partial charge in [-0.05, 0) is 32.0 Å². The molecule has 0 radical (unpaired) electrons. The number of carbonyl (C=O) groups is 1. The Bertz CT molecular complexity index is 870. The maximum Gasteiger partial charge on any atom is 0.318 e. The van der Waals surface area contributed by atoms with Gasteiger partial charge in [-0.25, -0.2) is 13.6 Å². The molecule has 1 aliphatic heterocycles. The Hall–Kier alpha value is -2.96. The van der Waals surface area contributed by atoms with Gasteiger partial charge < -0.3 is 15.1 Å². The third-order valence-electron chi connectivity index (χ3n) is 4.33. The quantitative estimate of drug-likeness (QED) is 0.812. The maximum absolute atomic E-state index is 14.1. The van der Waals surface area contributed by atoms with E-state index in [0.717, 1.165) is 0 Å². The number of urea groups is 1. The summed E-state index contributed by atoms with van der Waals surface area (Å²) in [4.78, 5) is 19.6. The summed E-state index contributed by atoms with van der Waals surface area (Å²) in [5.74, 6) is -0.713. The highest BCUT2D eigenvalue weighted by atomic mass is 19.1. The number of rotatable bonds is 6. The van der Waals surface area contributed by atoms with Gasteiger partial charge in [-0.3, -0.25) is 0 Å². The van der Waals surface area contributed by atoms with Crippen molar-refractivity contribution in [1.82, 2.24) is 10.2 Å². The molecule has 0 aromatic heterocycles. The van der Waals surface area contributed by atoms with E-state index >= 15 is 0 Å². The van der Waals surface area contributed by atoms with Gasteiger partial charge >= 0.3 is 6.03 Å². The predicted molar refractivity (Wildman–Crippen MR) is 103 cm³/mol. The van der Waals surface area contributed by atoms with E-state index in [0.29, 0.717) is 23.3 Å². The summed E-state index contributed by atoms with van der Waals surface area (Å²) in [6.45, 7) is 4.06. The number of nitrogens with zero attached hydrogens (tertiary/aromatic N) is 2. The Morgan fingerprint density at radius 1 is 1.25 bits per heavy atom. The maximum atomic E-state index is 14.1. The summed E-state index contributed by atoms with van der Waals surface area (Å²) in [6, 6.07) is 12.1. The van der Waals surface area contributed by atoms with Gasteiger partial charge in [0, 0.05) is 23.6 Å². The van der Waals surface area contributed by atoms with Crippen LogP contribution in [0.3, 0.4) is 0 Å². The normalized spacial score (nSPS) is 15.9. The molecule has 0 saturated carbocycles.